The van der Waals surface area contributed by atoms with Crippen molar-refractivity contribution in [3.63, 3.8) is 0 Å². The first-order valence-corrected chi connectivity index (χ1v) is 10.7. The number of nitrogens with one attached hydrogen (secondary N) is 1. The summed E-state index contributed by atoms with van der Waals surface area (Å²) in [7, 11) is 0. The van der Waals surface area contributed by atoms with Crippen LogP contribution in [0, 0.1) is 5.82 Å². The molecule has 4 rings (SSSR count). The van der Waals surface area contributed by atoms with E-state index in [0.29, 0.717) is 32.0 Å². The van der Waals surface area contributed by atoms with Gasteiger partial charge in [-0.25, -0.2) is 9.18 Å². The summed E-state index contributed by atoms with van der Waals surface area (Å²) in [6.07, 6.45) is 0. The van der Waals surface area contributed by atoms with Crippen LogP contribution in [0.4, 0.5) is 4.39 Å². The summed E-state index contributed by atoms with van der Waals surface area (Å²) in [6, 6.07) is 14.3. The summed E-state index contributed by atoms with van der Waals surface area (Å²) in [4.78, 5) is 41.2. The molecule has 9 nitrogen and oxygen atoms in total. The fraction of sp³-hybridized carbons (Fsp3) is 0.304. The standard InChI is InChI=1S/C23H24FN5O4/c24-19-9-5-4-6-17(19)16-28-22(31)20(21(30)25-10-11-27-12-14-33-15-13-27)26-29(23(28)32)18-7-2-1-3-8-18/h1-9H,10-16H2,(H,25,30). The first-order valence-electron chi connectivity index (χ1n) is 10.7. The average Bonchev–Trinajstić information content (AvgIpc) is 2.84. The third kappa shape index (κ3) is 5.24. The highest BCUT2D eigenvalue weighted by molar-refractivity contribution is 5.91. The molecule has 1 saturated heterocycles. The molecule has 1 N–H and O–H groups in total. The van der Waals surface area contributed by atoms with Gasteiger partial charge in [0.1, 0.15) is 5.82 Å². The van der Waals surface area contributed by atoms with Crippen molar-refractivity contribution in [2.45, 2.75) is 6.54 Å². The number of amides is 1. The van der Waals surface area contributed by atoms with Crippen LogP contribution < -0.4 is 16.6 Å². The fourth-order valence-electron chi connectivity index (χ4n) is 3.57. The number of hydrogen-bond acceptors (Lipinski definition) is 6. The van der Waals surface area contributed by atoms with Gasteiger partial charge in [0.15, 0.2) is 0 Å². The summed E-state index contributed by atoms with van der Waals surface area (Å²) in [6.45, 7) is 3.38. The predicted molar refractivity (Wildman–Crippen MR) is 119 cm³/mol. The zero-order valence-corrected chi connectivity index (χ0v) is 17.9. The van der Waals surface area contributed by atoms with E-state index in [4.69, 9.17) is 4.74 Å². The van der Waals surface area contributed by atoms with Crippen LogP contribution >= 0.6 is 0 Å². The molecular weight excluding hydrogens is 429 g/mol. The zero-order valence-electron chi connectivity index (χ0n) is 17.9. The number of halogens is 1. The van der Waals surface area contributed by atoms with Crippen molar-refractivity contribution in [1.82, 2.24) is 24.6 Å². The molecule has 1 aliphatic heterocycles. The molecule has 33 heavy (non-hydrogen) atoms. The van der Waals surface area contributed by atoms with E-state index in [1.165, 1.54) is 18.2 Å². The highest BCUT2D eigenvalue weighted by Gasteiger charge is 2.21. The largest absolute Gasteiger partial charge is 0.379 e. The first-order chi connectivity index (χ1) is 16.0. The number of para-hydroxylation sites is 1. The molecule has 1 aromatic heterocycles. The lowest BCUT2D eigenvalue weighted by atomic mass is 10.2. The molecule has 10 heteroatoms. The molecule has 172 valence electrons. The maximum atomic E-state index is 14.2. The lowest BCUT2D eigenvalue weighted by Crippen LogP contribution is -2.47. The number of hydrogen-bond donors (Lipinski definition) is 1. The minimum absolute atomic E-state index is 0.154. The molecule has 2 aromatic carbocycles. The van der Waals surface area contributed by atoms with Crippen molar-refractivity contribution >= 4 is 5.91 Å². The summed E-state index contributed by atoms with van der Waals surface area (Å²) in [5.74, 6) is -1.25. The number of aromatic nitrogens is 3. The molecule has 1 amide bonds. The summed E-state index contributed by atoms with van der Waals surface area (Å²) in [5, 5.41) is 6.76. The second-order valence-corrected chi connectivity index (χ2v) is 7.57. The third-order valence-electron chi connectivity index (χ3n) is 5.38. The Bertz CT molecular complexity index is 1240. The second-order valence-electron chi connectivity index (χ2n) is 7.57. The highest BCUT2D eigenvalue weighted by Crippen LogP contribution is 2.07. The maximum Gasteiger partial charge on any atom is 0.352 e. The fourth-order valence-corrected chi connectivity index (χ4v) is 3.57. The van der Waals surface area contributed by atoms with Gasteiger partial charge in [-0.2, -0.15) is 9.78 Å². The quantitative estimate of drug-likeness (QED) is 0.564. The zero-order chi connectivity index (χ0) is 23.2. The van der Waals surface area contributed by atoms with Crippen LogP contribution in [-0.2, 0) is 11.3 Å². The molecule has 1 fully saturated rings. The Hall–Kier alpha value is -3.63. The smallest absolute Gasteiger partial charge is 0.352 e. The summed E-state index contributed by atoms with van der Waals surface area (Å²) >= 11 is 0. The van der Waals surface area contributed by atoms with Gasteiger partial charge in [0.25, 0.3) is 11.5 Å². The first kappa shape index (κ1) is 22.6. The summed E-state index contributed by atoms with van der Waals surface area (Å²) in [5.41, 5.74) is -1.54. The van der Waals surface area contributed by atoms with Crippen LogP contribution in [0.25, 0.3) is 5.69 Å². The topological polar surface area (TPSA) is 98.5 Å². The molecule has 0 radical (unpaired) electrons. The van der Waals surface area contributed by atoms with E-state index in [2.05, 4.69) is 15.3 Å². The molecule has 0 spiro atoms. The van der Waals surface area contributed by atoms with E-state index in [-0.39, 0.29) is 12.1 Å². The van der Waals surface area contributed by atoms with Gasteiger partial charge in [-0.1, -0.05) is 36.4 Å². The van der Waals surface area contributed by atoms with Gasteiger partial charge >= 0.3 is 5.69 Å². The average molecular weight is 453 g/mol. The van der Waals surface area contributed by atoms with E-state index >= 15 is 0 Å². The van der Waals surface area contributed by atoms with E-state index < -0.39 is 28.7 Å². The van der Waals surface area contributed by atoms with Crippen molar-refractivity contribution in [2.24, 2.45) is 0 Å². The molecule has 1 aliphatic rings. The Labute approximate surface area is 189 Å². The predicted octanol–water partition coefficient (Wildman–Crippen LogP) is 0.644. The van der Waals surface area contributed by atoms with Gasteiger partial charge in [0.2, 0.25) is 5.69 Å². The number of carbonyl (C=O) groups is 1. The van der Waals surface area contributed by atoms with Crippen molar-refractivity contribution < 1.29 is 13.9 Å². The van der Waals surface area contributed by atoms with Crippen LogP contribution in [0.15, 0.2) is 64.2 Å². The molecule has 0 atom stereocenters. The Morgan fingerprint density at radius 3 is 2.45 bits per heavy atom. The molecule has 0 unspecified atom stereocenters. The van der Waals surface area contributed by atoms with Crippen LogP contribution in [0.3, 0.4) is 0 Å². The van der Waals surface area contributed by atoms with Crippen molar-refractivity contribution in [2.75, 3.05) is 39.4 Å². The molecule has 0 saturated carbocycles. The third-order valence-corrected chi connectivity index (χ3v) is 5.38. The number of benzene rings is 2. The minimum Gasteiger partial charge on any atom is -0.379 e. The summed E-state index contributed by atoms with van der Waals surface area (Å²) < 4.78 is 21.4. The molecule has 0 aliphatic carbocycles. The van der Waals surface area contributed by atoms with Gasteiger partial charge in [-0.3, -0.25) is 19.1 Å². The lowest BCUT2D eigenvalue weighted by Gasteiger charge is -2.26. The van der Waals surface area contributed by atoms with Crippen LogP contribution in [0.1, 0.15) is 16.1 Å². The Morgan fingerprint density at radius 1 is 1.03 bits per heavy atom. The van der Waals surface area contributed by atoms with Gasteiger partial charge in [-0.05, 0) is 18.2 Å². The van der Waals surface area contributed by atoms with Crippen molar-refractivity contribution in [1.29, 1.82) is 0 Å². The monoisotopic (exact) mass is 453 g/mol. The second kappa shape index (κ2) is 10.3. The number of morpholine rings is 1. The van der Waals surface area contributed by atoms with E-state index in [1.54, 1.807) is 36.4 Å². The van der Waals surface area contributed by atoms with Gasteiger partial charge in [0.05, 0.1) is 25.4 Å². The van der Waals surface area contributed by atoms with Gasteiger partial charge < -0.3 is 10.1 Å². The lowest BCUT2D eigenvalue weighted by molar-refractivity contribution is 0.0383. The number of carbonyl (C=O) groups excluding carboxylic acids is 1. The van der Waals surface area contributed by atoms with Gasteiger partial charge in [0, 0.05) is 31.7 Å². The normalized spacial score (nSPS) is 14.2. The van der Waals surface area contributed by atoms with E-state index in [9.17, 15) is 18.8 Å². The Balaban J connectivity index is 1.67. The number of ether oxygens (including phenoxy) is 1. The molecule has 3 aromatic rings. The van der Waals surface area contributed by atoms with Crippen molar-refractivity contribution in [3.8, 4) is 5.69 Å². The molecule has 0 bridgehead atoms. The highest BCUT2D eigenvalue weighted by atomic mass is 19.1. The molecule has 2 heterocycles. The van der Waals surface area contributed by atoms with E-state index in [0.717, 1.165) is 22.3 Å². The van der Waals surface area contributed by atoms with Crippen LogP contribution in [0.5, 0.6) is 0 Å². The minimum atomic E-state index is -0.876. The SMILES string of the molecule is O=C(NCCN1CCOCC1)c1nn(-c2ccccc2)c(=O)n(Cc2ccccc2F)c1=O. The van der Waals surface area contributed by atoms with Gasteiger partial charge in [-0.15, -0.1) is 0 Å². The number of nitrogens with zero attached hydrogens (tertiary/aromatic N) is 4. The van der Waals surface area contributed by atoms with Crippen molar-refractivity contribution in [3.05, 3.63) is 92.5 Å². The van der Waals surface area contributed by atoms with E-state index in [1.807, 2.05) is 0 Å². The Kier molecular flexibility index (Phi) is 7.06. The van der Waals surface area contributed by atoms with Crippen LogP contribution in [-0.4, -0.2) is 64.5 Å². The number of rotatable bonds is 7. The molecular formula is C23H24FN5O4. The van der Waals surface area contributed by atoms with Crippen LogP contribution in [0.2, 0.25) is 0 Å². The maximum absolute atomic E-state index is 14.2. The Morgan fingerprint density at radius 2 is 1.73 bits per heavy atom.